The van der Waals surface area contributed by atoms with E-state index in [2.05, 4.69) is 15.2 Å². The molecular formula is C14H19ClN4OS. The normalized spacial score (nSPS) is 15.9. The number of amides is 1. The average molecular weight is 327 g/mol. The first kappa shape index (κ1) is 16.0. The van der Waals surface area contributed by atoms with Crippen molar-refractivity contribution in [3.8, 4) is 0 Å². The second-order valence-corrected chi connectivity index (χ2v) is 6.26. The summed E-state index contributed by atoms with van der Waals surface area (Å²) in [4.78, 5) is 18.2. The Hall–Kier alpha value is -1.40. The van der Waals surface area contributed by atoms with Crippen LogP contribution >= 0.6 is 23.4 Å². The monoisotopic (exact) mass is 326 g/mol. The van der Waals surface area contributed by atoms with Gasteiger partial charge in [-0.15, -0.1) is 0 Å². The molecular weight excluding hydrogens is 308 g/mol. The summed E-state index contributed by atoms with van der Waals surface area (Å²) in [5.41, 5.74) is 6.52. The molecule has 1 fully saturated rings. The van der Waals surface area contributed by atoms with Crippen molar-refractivity contribution in [1.29, 1.82) is 0 Å². The molecule has 0 atom stereocenters. The summed E-state index contributed by atoms with van der Waals surface area (Å²) < 4.78 is 0. The van der Waals surface area contributed by atoms with Crippen LogP contribution in [0.2, 0.25) is 5.02 Å². The molecule has 3 N–H and O–H groups in total. The van der Waals surface area contributed by atoms with Gasteiger partial charge in [0, 0.05) is 41.7 Å². The van der Waals surface area contributed by atoms with Crippen LogP contribution in [0.5, 0.6) is 0 Å². The number of thioether (sulfide) groups is 1. The van der Waals surface area contributed by atoms with E-state index in [9.17, 15) is 4.79 Å². The van der Waals surface area contributed by atoms with Crippen LogP contribution in [0.1, 0.15) is 10.4 Å². The third kappa shape index (κ3) is 5.13. The number of hydrogen-bond donors (Lipinski definition) is 2. The predicted molar refractivity (Wildman–Crippen MR) is 89.2 cm³/mol. The highest BCUT2D eigenvalue weighted by Crippen LogP contribution is 2.09. The molecule has 7 heteroatoms. The molecule has 0 aliphatic carbocycles. The maximum atomic E-state index is 11.9. The van der Waals surface area contributed by atoms with Crippen molar-refractivity contribution in [2.75, 3.05) is 37.7 Å². The highest BCUT2D eigenvalue weighted by molar-refractivity contribution is 7.99. The number of rotatable bonds is 4. The summed E-state index contributed by atoms with van der Waals surface area (Å²) in [7, 11) is 0. The summed E-state index contributed by atoms with van der Waals surface area (Å²) in [6.45, 7) is 2.83. The standard InChI is InChI=1S/C14H19ClN4OS/c15-12-3-1-11(2-4-12)13(20)17-5-6-18-14(16)19-7-9-21-10-8-19/h1-4H,5-10H2,(H2,16,18)(H,17,20). The molecule has 0 spiro atoms. The number of benzene rings is 1. The maximum absolute atomic E-state index is 11.9. The van der Waals surface area contributed by atoms with E-state index in [0.29, 0.717) is 29.6 Å². The van der Waals surface area contributed by atoms with Crippen LogP contribution in [-0.4, -0.2) is 54.5 Å². The molecule has 1 aromatic rings. The van der Waals surface area contributed by atoms with Gasteiger partial charge in [-0.3, -0.25) is 9.79 Å². The molecule has 0 saturated carbocycles. The van der Waals surface area contributed by atoms with Crippen molar-refractivity contribution < 1.29 is 4.79 Å². The largest absolute Gasteiger partial charge is 0.370 e. The number of carbonyl (C=O) groups excluding carboxylic acids is 1. The van der Waals surface area contributed by atoms with Crippen molar-refractivity contribution in [3.05, 3.63) is 34.9 Å². The molecule has 1 aliphatic heterocycles. The lowest BCUT2D eigenvalue weighted by molar-refractivity contribution is 0.0955. The minimum Gasteiger partial charge on any atom is -0.370 e. The Kier molecular flexibility index (Phi) is 6.20. The molecule has 2 rings (SSSR count). The van der Waals surface area contributed by atoms with Crippen molar-refractivity contribution in [3.63, 3.8) is 0 Å². The Labute approximate surface area is 133 Å². The van der Waals surface area contributed by atoms with E-state index in [4.69, 9.17) is 17.3 Å². The fourth-order valence-electron chi connectivity index (χ4n) is 1.94. The molecule has 1 aromatic carbocycles. The maximum Gasteiger partial charge on any atom is 0.251 e. The molecule has 5 nitrogen and oxygen atoms in total. The number of nitrogens with zero attached hydrogens (tertiary/aromatic N) is 2. The SMILES string of the molecule is NC(=NCCNC(=O)c1ccc(Cl)cc1)N1CCSCC1. The molecule has 0 bridgehead atoms. The first-order chi connectivity index (χ1) is 10.2. The fraction of sp³-hybridized carbons (Fsp3) is 0.429. The molecule has 1 aliphatic rings. The number of hydrogen-bond acceptors (Lipinski definition) is 3. The van der Waals surface area contributed by atoms with Gasteiger partial charge in [0.1, 0.15) is 0 Å². The highest BCUT2D eigenvalue weighted by atomic mass is 35.5. The topological polar surface area (TPSA) is 70.7 Å². The third-order valence-corrected chi connectivity index (χ3v) is 4.31. The predicted octanol–water partition coefficient (Wildman–Crippen LogP) is 1.43. The van der Waals surface area contributed by atoms with Gasteiger partial charge in [0.15, 0.2) is 5.96 Å². The summed E-state index contributed by atoms with van der Waals surface area (Å²) >= 11 is 7.71. The molecule has 1 heterocycles. The zero-order chi connectivity index (χ0) is 15.1. The van der Waals surface area contributed by atoms with Gasteiger partial charge in [-0.2, -0.15) is 11.8 Å². The zero-order valence-electron chi connectivity index (χ0n) is 11.7. The highest BCUT2D eigenvalue weighted by Gasteiger charge is 2.11. The molecule has 21 heavy (non-hydrogen) atoms. The van der Waals surface area contributed by atoms with E-state index in [1.807, 2.05) is 11.8 Å². The Morgan fingerprint density at radius 1 is 1.33 bits per heavy atom. The number of nitrogens with one attached hydrogen (secondary N) is 1. The lowest BCUT2D eigenvalue weighted by atomic mass is 10.2. The Morgan fingerprint density at radius 3 is 2.67 bits per heavy atom. The van der Waals surface area contributed by atoms with Crippen LogP contribution in [-0.2, 0) is 0 Å². The second kappa shape index (κ2) is 8.14. The lowest BCUT2D eigenvalue weighted by Crippen LogP contribution is -2.43. The quantitative estimate of drug-likeness (QED) is 0.499. The van der Waals surface area contributed by atoms with Crippen molar-refractivity contribution in [1.82, 2.24) is 10.2 Å². The van der Waals surface area contributed by atoms with Gasteiger partial charge >= 0.3 is 0 Å². The molecule has 114 valence electrons. The van der Waals surface area contributed by atoms with E-state index in [1.54, 1.807) is 24.3 Å². The van der Waals surface area contributed by atoms with Crippen LogP contribution < -0.4 is 11.1 Å². The van der Waals surface area contributed by atoms with E-state index in [-0.39, 0.29) is 5.91 Å². The van der Waals surface area contributed by atoms with Crippen LogP contribution in [0.25, 0.3) is 0 Å². The Morgan fingerprint density at radius 2 is 2.00 bits per heavy atom. The van der Waals surface area contributed by atoms with E-state index >= 15 is 0 Å². The van der Waals surface area contributed by atoms with Gasteiger partial charge in [0.2, 0.25) is 0 Å². The first-order valence-electron chi connectivity index (χ1n) is 6.83. The van der Waals surface area contributed by atoms with Gasteiger partial charge in [-0.25, -0.2) is 0 Å². The lowest BCUT2D eigenvalue weighted by Gasteiger charge is -2.27. The second-order valence-electron chi connectivity index (χ2n) is 4.60. The number of guanidine groups is 1. The Balaban J connectivity index is 1.73. The summed E-state index contributed by atoms with van der Waals surface area (Å²) in [6, 6.07) is 6.78. The van der Waals surface area contributed by atoms with E-state index in [1.165, 1.54) is 0 Å². The molecule has 0 aromatic heterocycles. The summed E-state index contributed by atoms with van der Waals surface area (Å²) in [5, 5.41) is 3.42. The van der Waals surface area contributed by atoms with Gasteiger partial charge in [-0.1, -0.05) is 11.6 Å². The molecule has 1 saturated heterocycles. The first-order valence-corrected chi connectivity index (χ1v) is 8.36. The van der Waals surface area contributed by atoms with Crippen molar-refractivity contribution in [2.24, 2.45) is 10.7 Å². The number of carbonyl (C=O) groups is 1. The van der Waals surface area contributed by atoms with Crippen LogP contribution in [0.4, 0.5) is 0 Å². The minimum atomic E-state index is -0.130. The molecule has 1 amide bonds. The van der Waals surface area contributed by atoms with Crippen LogP contribution in [0.15, 0.2) is 29.3 Å². The van der Waals surface area contributed by atoms with E-state index < -0.39 is 0 Å². The van der Waals surface area contributed by atoms with Gasteiger partial charge in [0.25, 0.3) is 5.91 Å². The fourth-order valence-corrected chi connectivity index (χ4v) is 2.96. The molecule has 0 radical (unpaired) electrons. The number of aliphatic imine (C=N–C) groups is 1. The molecule has 0 unspecified atom stereocenters. The minimum absolute atomic E-state index is 0.130. The van der Waals surface area contributed by atoms with Gasteiger partial charge in [-0.05, 0) is 24.3 Å². The average Bonchev–Trinajstić information content (AvgIpc) is 2.52. The third-order valence-electron chi connectivity index (χ3n) is 3.11. The smallest absolute Gasteiger partial charge is 0.251 e. The Bertz CT molecular complexity index is 500. The van der Waals surface area contributed by atoms with E-state index in [0.717, 1.165) is 24.6 Å². The van der Waals surface area contributed by atoms with Crippen molar-refractivity contribution >= 4 is 35.2 Å². The van der Waals surface area contributed by atoms with Crippen LogP contribution in [0, 0.1) is 0 Å². The summed E-state index contributed by atoms with van der Waals surface area (Å²) in [5.74, 6) is 2.61. The zero-order valence-corrected chi connectivity index (χ0v) is 13.3. The number of halogens is 1. The summed E-state index contributed by atoms with van der Waals surface area (Å²) in [6.07, 6.45) is 0. The van der Waals surface area contributed by atoms with Gasteiger partial charge < -0.3 is 16.0 Å². The number of nitrogens with two attached hydrogens (primary N) is 1. The van der Waals surface area contributed by atoms with Crippen molar-refractivity contribution in [2.45, 2.75) is 0 Å². The van der Waals surface area contributed by atoms with Crippen LogP contribution in [0.3, 0.4) is 0 Å². The van der Waals surface area contributed by atoms with Gasteiger partial charge in [0.05, 0.1) is 6.54 Å².